The second kappa shape index (κ2) is 5.29. The van der Waals surface area contributed by atoms with Crippen LogP contribution in [0.4, 0.5) is 4.39 Å². The van der Waals surface area contributed by atoms with E-state index in [0.29, 0.717) is 29.0 Å². The zero-order valence-electron chi connectivity index (χ0n) is 9.24. The number of aromatic nitrogens is 1. The number of pyridine rings is 1. The highest BCUT2D eigenvalue weighted by Gasteiger charge is 2.08. The van der Waals surface area contributed by atoms with Crippen LogP contribution < -0.4 is 4.74 Å². The average molecular weight is 256 g/mol. The fraction of sp³-hybridized carbons (Fsp3) is 0.250. The number of hydrogen-bond donors (Lipinski definition) is 0. The largest absolute Gasteiger partial charge is 0.475 e. The summed E-state index contributed by atoms with van der Waals surface area (Å²) >= 11 is 5.99. The SMILES string of the molecule is COCCOc1cc2c(Cl)cccc2c(F)n1. The van der Waals surface area contributed by atoms with Crippen LogP contribution in [-0.2, 0) is 4.74 Å². The van der Waals surface area contributed by atoms with E-state index in [4.69, 9.17) is 21.1 Å². The van der Waals surface area contributed by atoms with Crippen LogP contribution in [0.5, 0.6) is 5.88 Å². The summed E-state index contributed by atoms with van der Waals surface area (Å²) < 4.78 is 23.7. The van der Waals surface area contributed by atoms with Gasteiger partial charge >= 0.3 is 0 Å². The minimum atomic E-state index is -0.586. The molecule has 17 heavy (non-hydrogen) atoms. The van der Waals surface area contributed by atoms with Crippen LogP contribution in [0.15, 0.2) is 24.3 Å². The summed E-state index contributed by atoms with van der Waals surface area (Å²) in [7, 11) is 1.56. The second-order valence-corrected chi connectivity index (χ2v) is 3.83. The van der Waals surface area contributed by atoms with E-state index in [1.165, 1.54) is 0 Å². The molecule has 0 saturated carbocycles. The first kappa shape index (κ1) is 12.1. The van der Waals surface area contributed by atoms with Crippen LogP contribution in [0.2, 0.25) is 5.02 Å². The quantitative estimate of drug-likeness (QED) is 0.622. The monoisotopic (exact) mass is 255 g/mol. The molecule has 5 heteroatoms. The minimum Gasteiger partial charge on any atom is -0.475 e. The van der Waals surface area contributed by atoms with Crippen molar-refractivity contribution in [2.45, 2.75) is 0 Å². The van der Waals surface area contributed by atoms with Crippen LogP contribution >= 0.6 is 11.6 Å². The Morgan fingerprint density at radius 2 is 2.12 bits per heavy atom. The molecule has 0 atom stereocenters. The highest BCUT2D eigenvalue weighted by atomic mass is 35.5. The lowest BCUT2D eigenvalue weighted by atomic mass is 10.2. The summed E-state index contributed by atoms with van der Waals surface area (Å²) in [6.07, 6.45) is 0. The van der Waals surface area contributed by atoms with E-state index in [2.05, 4.69) is 4.98 Å². The maximum atomic E-state index is 13.7. The summed E-state index contributed by atoms with van der Waals surface area (Å²) in [5.41, 5.74) is 0. The van der Waals surface area contributed by atoms with E-state index in [0.717, 1.165) is 0 Å². The summed E-state index contributed by atoms with van der Waals surface area (Å²) in [5.74, 6) is -0.377. The van der Waals surface area contributed by atoms with Crippen molar-refractivity contribution in [2.75, 3.05) is 20.3 Å². The molecule has 1 aromatic carbocycles. The van der Waals surface area contributed by atoms with Gasteiger partial charge in [-0.25, -0.2) is 0 Å². The molecule has 1 aromatic heterocycles. The lowest BCUT2D eigenvalue weighted by molar-refractivity contribution is 0.143. The number of methoxy groups -OCH3 is 1. The molecule has 0 N–H and O–H groups in total. The van der Waals surface area contributed by atoms with Crippen LogP contribution in [0, 0.1) is 5.95 Å². The molecule has 90 valence electrons. The van der Waals surface area contributed by atoms with Crippen molar-refractivity contribution < 1.29 is 13.9 Å². The fourth-order valence-electron chi connectivity index (χ4n) is 1.48. The van der Waals surface area contributed by atoms with E-state index >= 15 is 0 Å². The van der Waals surface area contributed by atoms with E-state index in [1.54, 1.807) is 31.4 Å². The molecule has 0 saturated heterocycles. The zero-order valence-corrected chi connectivity index (χ0v) is 10.00. The number of halogens is 2. The zero-order chi connectivity index (χ0) is 12.3. The van der Waals surface area contributed by atoms with Gasteiger partial charge in [0.15, 0.2) is 0 Å². The van der Waals surface area contributed by atoms with E-state index in [1.807, 2.05) is 0 Å². The van der Waals surface area contributed by atoms with Crippen molar-refractivity contribution in [3.8, 4) is 5.88 Å². The van der Waals surface area contributed by atoms with Gasteiger partial charge in [-0.2, -0.15) is 9.37 Å². The lowest BCUT2D eigenvalue weighted by Gasteiger charge is -2.07. The number of nitrogens with zero attached hydrogens (tertiary/aromatic N) is 1. The number of rotatable bonds is 4. The Bertz CT molecular complexity index is 533. The third-order valence-corrected chi connectivity index (χ3v) is 2.62. The molecule has 0 bridgehead atoms. The summed E-state index contributed by atoms with van der Waals surface area (Å²) in [4.78, 5) is 3.71. The molecular weight excluding hydrogens is 245 g/mol. The number of ether oxygens (including phenoxy) is 2. The summed E-state index contributed by atoms with van der Waals surface area (Å²) in [6, 6.07) is 6.63. The summed E-state index contributed by atoms with van der Waals surface area (Å²) in [6.45, 7) is 0.739. The van der Waals surface area contributed by atoms with Gasteiger partial charge in [0, 0.05) is 29.0 Å². The van der Waals surface area contributed by atoms with Gasteiger partial charge in [0.25, 0.3) is 0 Å². The Morgan fingerprint density at radius 3 is 2.88 bits per heavy atom. The number of benzene rings is 1. The highest BCUT2D eigenvalue weighted by molar-refractivity contribution is 6.35. The van der Waals surface area contributed by atoms with Gasteiger partial charge in [0.05, 0.1) is 6.61 Å². The molecule has 0 aliphatic heterocycles. The van der Waals surface area contributed by atoms with E-state index in [9.17, 15) is 4.39 Å². The third-order valence-electron chi connectivity index (χ3n) is 2.29. The highest BCUT2D eigenvalue weighted by Crippen LogP contribution is 2.27. The van der Waals surface area contributed by atoms with Gasteiger partial charge in [0.1, 0.15) is 6.61 Å². The number of hydrogen-bond acceptors (Lipinski definition) is 3. The molecule has 0 radical (unpaired) electrons. The number of fused-ring (bicyclic) bond motifs is 1. The normalized spacial score (nSPS) is 10.8. The molecule has 3 nitrogen and oxygen atoms in total. The van der Waals surface area contributed by atoms with E-state index in [-0.39, 0.29) is 5.88 Å². The molecule has 0 aliphatic carbocycles. The molecule has 0 amide bonds. The third kappa shape index (κ3) is 2.65. The van der Waals surface area contributed by atoms with Crippen LogP contribution in [0.25, 0.3) is 10.8 Å². The van der Waals surface area contributed by atoms with Crippen molar-refractivity contribution in [3.05, 3.63) is 35.2 Å². The Balaban J connectivity index is 2.36. The van der Waals surface area contributed by atoms with Crippen molar-refractivity contribution in [1.82, 2.24) is 4.98 Å². The maximum absolute atomic E-state index is 13.7. The first-order valence-corrected chi connectivity index (χ1v) is 5.46. The van der Waals surface area contributed by atoms with Crippen molar-refractivity contribution in [3.63, 3.8) is 0 Å². The minimum absolute atomic E-state index is 0.208. The average Bonchev–Trinajstić information content (AvgIpc) is 2.31. The predicted molar refractivity (Wildman–Crippen MR) is 64.1 cm³/mol. The van der Waals surface area contributed by atoms with Crippen molar-refractivity contribution >= 4 is 22.4 Å². The molecule has 2 rings (SSSR count). The summed E-state index contributed by atoms with van der Waals surface area (Å²) in [5, 5.41) is 1.45. The molecule has 2 aromatic rings. The van der Waals surface area contributed by atoms with Gasteiger partial charge in [0.2, 0.25) is 11.8 Å². The van der Waals surface area contributed by atoms with Crippen molar-refractivity contribution in [2.24, 2.45) is 0 Å². The van der Waals surface area contributed by atoms with Gasteiger partial charge in [-0.1, -0.05) is 17.7 Å². The Morgan fingerprint density at radius 1 is 1.29 bits per heavy atom. The van der Waals surface area contributed by atoms with Gasteiger partial charge in [-0.05, 0) is 12.1 Å². The Kier molecular flexibility index (Phi) is 3.76. The lowest BCUT2D eigenvalue weighted by Crippen LogP contribution is -2.06. The first-order valence-electron chi connectivity index (χ1n) is 5.09. The fourth-order valence-corrected chi connectivity index (χ4v) is 1.71. The van der Waals surface area contributed by atoms with Crippen LogP contribution in [-0.4, -0.2) is 25.3 Å². The molecule has 0 aliphatic rings. The second-order valence-electron chi connectivity index (χ2n) is 3.43. The van der Waals surface area contributed by atoms with Crippen LogP contribution in [0.1, 0.15) is 0 Å². The van der Waals surface area contributed by atoms with Gasteiger partial charge in [-0.15, -0.1) is 0 Å². The van der Waals surface area contributed by atoms with Gasteiger partial charge < -0.3 is 9.47 Å². The Labute approximate surface area is 103 Å². The predicted octanol–water partition coefficient (Wildman–Crippen LogP) is 3.05. The Hall–Kier alpha value is -1.39. The smallest absolute Gasteiger partial charge is 0.224 e. The first-order chi connectivity index (χ1) is 8.22. The maximum Gasteiger partial charge on any atom is 0.224 e. The van der Waals surface area contributed by atoms with E-state index < -0.39 is 5.95 Å². The molecule has 1 heterocycles. The molecule has 0 unspecified atom stereocenters. The molecular formula is C12H11ClFNO2. The molecule has 0 fully saturated rings. The van der Waals surface area contributed by atoms with Crippen LogP contribution in [0.3, 0.4) is 0 Å². The molecule has 0 spiro atoms. The standard InChI is InChI=1S/C12H11ClFNO2/c1-16-5-6-17-11-7-9-8(12(14)15-11)3-2-4-10(9)13/h2-4,7H,5-6H2,1H3. The topological polar surface area (TPSA) is 31.4 Å². The van der Waals surface area contributed by atoms with Crippen molar-refractivity contribution in [1.29, 1.82) is 0 Å². The van der Waals surface area contributed by atoms with Gasteiger partial charge in [-0.3, -0.25) is 0 Å².